The predicted octanol–water partition coefficient (Wildman–Crippen LogP) is 6.64. The lowest BCUT2D eigenvalue weighted by Crippen LogP contribution is -2.06. The maximum absolute atomic E-state index is 12.4. The molecule has 172 valence electrons. The number of aliphatic imine (C=N–C) groups is 1. The van der Waals surface area contributed by atoms with Crippen molar-refractivity contribution >= 4 is 91.4 Å². The number of nitro benzene ring substituents is 1. The molecule has 4 rings (SSSR count). The quantitative estimate of drug-likeness (QED) is 0.0919. The molecule has 0 radical (unpaired) electrons. The number of rotatable bonds is 6. The highest BCUT2D eigenvalue weighted by Crippen LogP contribution is 2.31. The van der Waals surface area contributed by atoms with Gasteiger partial charge in [-0.3, -0.25) is 10.1 Å². The van der Waals surface area contributed by atoms with Crippen molar-refractivity contribution in [2.45, 2.75) is 13.5 Å². The number of aryl methyl sites for hydroxylation is 1. The third kappa shape index (κ3) is 5.76. The van der Waals surface area contributed by atoms with Crippen LogP contribution in [0.5, 0.6) is 5.75 Å². The Labute approximate surface area is 236 Å². The topological polar surface area (TPSA) is 91.0 Å². The fourth-order valence-electron chi connectivity index (χ4n) is 3.22. The molecule has 0 unspecified atom stereocenters. The molecule has 3 aromatic rings. The predicted molar refractivity (Wildman–Crippen MR) is 154 cm³/mol. The molecule has 1 aliphatic rings. The number of esters is 1. The van der Waals surface area contributed by atoms with Gasteiger partial charge in [-0.1, -0.05) is 12.1 Å². The minimum atomic E-state index is -0.574. The second-order valence-electron chi connectivity index (χ2n) is 7.32. The van der Waals surface area contributed by atoms with E-state index in [4.69, 9.17) is 9.47 Å². The molecular formula is C24H15I3N2O5. The molecule has 0 amide bonds. The van der Waals surface area contributed by atoms with Crippen molar-refractivity contribution in [2.24, 2.45) is 4.99 Å². The van der Waals surface area contributed by atoms with E-state index in [0.717, 1.165) is 24.0 Å². The average Bonchev–Trinajstić information content (AvgIpc) is 3.14. The molecule has 7 nitrogen and oxygen atoms in total. The fraction of sp³-hybridized carbons (Fsp3) is 0.0833. The van der Waals surface area contributed by atoms with Crippen LogP contribution in [0.25, 0.3) is 6.08 Å². The number of benzene rings is 3. The summed E-state index contributed by atoms with van der Waals surface area (Å²) in [7, 11) is 0. The van der Waals surface area contributed by atoms with Crippen LogP contribution in [0, 0.1) is 27.7 Å². The Morgan fingerprint density at radius 2 is 1.74 bits per heavy atom. The van der Waals surface area contributed by atoms with Gasteiger partial charge in [-0.15, -0.1) is 0 Å². The van der Waals surface area contributed by atoms with Crippen LogP contribution in [0.1, 0.15) is 22.3 Å². The van der Waals surface area contributed by atoms with Crippen LogP contribution in [0.15, 0.2) is 65.3 Å². The molecule has 1 heterocycles. The summed E-state index contributed by atoms with van der Waals surface area (Å²) in [6, 6.07) is 16.5. The maximum Gasteiger partial charge on any atom is 0.363 e. The zero-order valence-corrected chi connectivity index (χ0v) is 24.0. The summed E-state index contributed by atoms with van der Waals surface area (Å²) in [6.07, 6.45) is 1.65. The third-order valence-corrected chi connectivity index (χ3v) is 7.20. The molecule has 34 heavy (non-hydrogen) atoms. The Kier molecular flexibility index (Phi) is 7.87. The molecule has 0 aromatic heterocycles. The van der Waals surface area contributed by atoms with Gasteiger partial charge in [-0.25, -0.2) is 9.79 Å². The number of nitro groups is 1. The standard InChI is InChI=1S/C24H15I3N2O5/c1-13-8-16(4-7-21(13)29(31)32)23-28-20(24(30)34-23)11-15-9-18(26)22(19(27)10-15)33-12-14-2-5-17(25)6-3-14/h2-11H,12H2,1H3/b20-11-. The second-order valence-corrected chi connectivity index (χ2v) is 10.9. The van der Waals surface area contributed by atoms with E-state index in [1.165, 1.54) is 15.7 Å². The van der Waals surface area contributed by atoms with Gasteiger partial charge in [-0.05, 0) is 128 Å². The van der Waals surface area contributed by atoms with Crippen LogP contribution in [-0.2, 0) is 16.1 Å². The van der Waals surface area contributed by atoms with Crippen LogP contribution in [-0.4, -0.2) is 16.8 Å². The molecule has 1 aliphatic heterocycles. The number of hydrogen-bond acceptors (Lipinski definition) is 6. The number of halogens is 3. The summed E-state index contributed by atoms with van der Waals surface area (Å²) in [5.74, 6) is 0.326. The summed E-state index contributed by atoms with van der Waals surface area (Å²) in [5, 5.41) is 11.0. The molecule has 0 bridgehead atoms. The second kappa shape index (κ2) is 10.7. The highest BCUT2D eigenvalue weighted by Gasteiger charge is 2.25. The van der Waals surface area contributed by atoms with Crippen molar-refractivity contribution in [3.63, 3.8) is 0 Å². The van der Waals surface area contributed by atoms with E-state index in [-0.39, 0.29) is 17.3 Å². The normalized spacial score (nSPS) is 14.2. The molecule has 0 saturated carbocycles. The summed E-state index contributed by atoms with van der Waals surface area (Å²) >= 11 is 6.69. The Bertz CT molecular complexity index is 1340. The smallest absolute Gasteiger partial charge is 0.363 e. The van der Waals surface area contributed by atoms with Crippen LogP contribution in [0.4, 0.5) is 5.69 Å². The van der Waals surface area contributed by atoms with Crippen LogP contribution < -0.4 is 4.74 Å². The van der Waals surface area contributed by atoms with Gasteiger partial charge in [0.2, 0.25) is 5.90 Å². The molecule has 0 atom stereocenters. The van der Waals surface area contributed by atoms with E-state index in [1.807, 2.05) is 36.4 Å². The summed E-state index contributed by atoms with van der Waals surface area (Å²) in [6.45, 7) is 2.08. The van der Waals surface area contributed by atoms with Crippen molar-refractivity contribution in [3.05, 3.63) is 103 Å². The van der Waals surface area contributed by atoms with Gasteiger partial charge in [0.15, 0.2) is 5.70 Å². The van der Waals surface area contributed by atoms with Gasteiger partial charge in [0, 0.05) is 20.8 Å². The van der Waals surface area contributed by atoms with Gasteiger partial charge in [0.1, 0.15) is 12.4 Å². The minimum absolute atomic E-state index is 0.00193. The van der Waals surface area contributed by atoms with Crippen molar-refractivity contribution in [2.75, 3.05) is 0 Å². The first-order valence-corrected chi connectivity index (χ1v) is 13.1. The summed E-state index contributed by atoms with van der Waals surface area (Å²) < 4.78 is 14.3. The Balaban J connectivity index is 1.55. The van der Waals surface area contributed by atoms with Gasteiger partial charge < -0.3 is 9.47 Å². The summed E-state index contributed by atoms with van der Waals surface area (Å²) in [5.41, 5.74) is 2.98. The maximum atomic E-state index is 12.4. The van der Waals surface area contributed by atoms with Gasteiger partial charge >= 0.3 is 5.97 Å². The lowest BCUT2D eigenvalue weighted by molar-refractivity contribution is -0.385. The summed E-state index contributed by atoms with van der Waals surface area (Å²) in [4.78, 5) is 27.3. The molecule has 10 heteroatoms. The third-order valence-electron chi connectivity index (χ3n) is 4.88. The van der Waals surface area contributed by atoms with E-state index < -0.39 is 10.9 Å². The van der Waals surface area contributed by atoms with E-state index in [1.54, 1.807) is 19.1 Å². The van der Waals surface area contributed by atoms with Gasteiger partial charge in [-0.2, -0.15) is 0 Å². The Morgan fingerprint density at radius 3 is 2.35 bits per heavy atom. The van der Waals surface area contributed by atoms with Crippen molar-refractivity contribution in [1.82, 2.24) is 0 Å². The highest BCUT2D eigenvalue weighted by molar-refractivity contribution is 14.1. The van der Waals surface area contributed by atoms with Gasteiger partial charge in [0.25, 0.3) is 5.69 Å². The van der Waals surface area contributed by atoms with Crippen molar-refractivity contribution < 1.29 is 19.2 Å². The fourth-order valence-corrected chi connectivity index (χ4v) is 5.71. The number of carbonyl (C=O) groups excluding carboxylic acids is 1. The lowest BCUT2D eigenvalue weighted by atomic mass is 10.1. The first kappa shape index (κ1) is 25.0. The van der Waals surface area contributed by atoms with Crippen molar-refractivity contribution in [3.8, 4) is 5.75 Å². The Hall–Kier alpha value is -2.07. The van der Waals surface area contributed by atoms with E-state index in [9.17, 15) is 14.9 Å². The van der Waals surface area contributed by atoms with Gasteiger partial charge in [0.05, 0.1) is 12.1 Å². The molecule has 0 N–H and O–H groups in total. The Morgan fingerprint density at radius 1 is 1.06 bits per heavy atom. The number of carbonyl (C=O) groups is 1. The molecular weight excluding hydrogens is 777 g/mol. The lowest BCUT2D eigenvalue weighted by Gasteiger charge is -2.11. The van der Waals surface area contributed by atoms with Crippen LogP contribution in [0.3, 0.4) is 0 Å². The number of ether oxygens (including phenoxy) is 2. The van der Waals surface area contributed by atoms with Crippen LogP contribution >= 0.6 is 67.8 Å². The molecule has 0 spiro atoms. The molecule has 3 aromatic carbocycles. The number of nitrogens with zero attached hydrogens (tertiary/aromatic N) is 2. The van der Waals surface area contributed by atoms with E-state index in [2.05, 4.69) is 72.8 Å². The highest BCUT2D eigenvalue weighted by atomic mass is 127. The molecule has 0 saturated heterocycles. The average molecular weight is 792 g/mol. The minimum Gasteiger partial charge on any atom is -0.487 e. The number of cyclic esters (lactones) is 1. The van der Waals surface area contributed by atoms with E-state index in [0.29, 0.717) is 17.7 Å². The molecule has 0 aliphatic carbocycles. The largest absolute Gasteiger partial charge is 0.487 e. The molecule has 0 fully saturated rings. The van der Waals surface area contributed by atoms with Crippen molar-refractivity contribution in [1.29, 1.82) is 0 Å². The van der Waals surface area contributed by atoms with E-state index >= 15 is 0 Å². The van der Waals surface area contributed by atoms with Crippen LogP contribution in [0.2, 0.25) is 0 Å². The first-order chi connectivity index (χ1) is 16.2. The number of hydrogen-bond donors (Lipinski definition) is 0. The monoisotopic (exact) mass is 792 g/mol. The zero-order valence-electron chi connectivity index (χ0n) is 17.6. The first-order valence-electron chi connectivity index (χ1n) is 9.85. The zero-order chi connectivity index (χ0) is 24.4. The SMILES string of the molecule is Cc1cc(C2=N/C(=C\c3cc(I)c(OCc4ccc(I)cc4)c(I)c3)C(=O)O2)ccc1[N+](=O)[O-].